The van der Waals surface area contributed by atoms with Crippen molar-refractivity contribution in [1.82, 2.24) is 9.97 Å². The van der Waals surface area contributed by atoms with Crippen molar-refractivity contribution in [2.24, 2.45) is 5.84 Å². The Morgan fingerprint density at radius 1 is 1.59 bits per heavy atom. The lowest BCUT2D eigenvalue weighted by Gasteiger charge is -2.24. The lowest BCUT2D eigenvalue weighted by atomic mass is 10.3. The molecule has 0 saturated heterocycles. The molecule has 1 aromatic rings. The van der Waals surface area contributed by atoms with Crippen LogP contribution in [-0.4, -0.2) is 22.6 Å². The van der Waals surface area contributed by atoms with Gasteiger partial charge in [0.1, 0.15) is 5.82 Å². The van der Waals surface area contributed by atoms with Crippen molar-refractivity contribution in [2.75, 3.05) is 16.9 Å². The Morgan fingerprint density at radius 3 is 2.94 bits per heavy atom. The largest absolute Gasteiger partial charge is 0.353 e. The molecule has 1 saturated carbocycles. The molecule has 0 spiro atoms. The molecular weight excluding hydrogens is 282 g/mol. The van der Waals surface area contributed by atoms with E-state index in [1.165, 1.54) is 25.7 Å². The number of hydrogen-bond donors (Lipinski definition) is 2. The summed E-state index contributed by atoms with van der Waals surface area (Å²) in [6.45, 7) is 3.24. The molecule has 3 N–H and O–H groups in total. The minimum atomic E-state index is 0.463. The summed E-state index contributed by atoms with van der Waals surface area (Å²) in [4.78, 5) is 10.9. The Kier molecular flexibility index (Phi) is 4.17. The van der Waals surface area contributed by atoms with Crippen molar-refractivity contribution in [3.05, 3.63) is 10.7 Å². The van der Waals surface area contributed by atoms with Crippen molar-refractivity contribution < 1.29 is 0 Å². The zero-order valence-corrected chi connectivity index (χ0v) is 11.6. The van der Waals surface area contributed by atoms with Gasteiger partial charge < -0.3 is 4.90 Å². The molecule has 0 aromatic carbocycles. The van der Waals surface area contributed by atoms with E-state index in [1.54, 1.807) is 6.20 Å². The van der Waals surface area contributed by atoms with E-state index in [0.29, 0.717) is 12.0 Å². The fourth-order valence-electron chi connectivity index (χ4n) is 1.81. The molecule has 0 bridgehead atoms. The molecule has 1 aromatic heterocycles. The molecule has 6 heteroatoms. The third kappa shape index (κ3) is 3.07. The quantitative estimate of drug-likeness (QED) is 0.623. The van der Waals surface area contributed by atoms with Crippen molar-refractivity contribution in [3.8, 4) is 0 Å². The maximum absolute atomic E-state index is 5.35. The first-order valence-electron chi connectivity index (χ1n) is 6.02. The van der Waals surface area contributed by atoms with Gasteiger partial charge in [0.15, 0.2) is 0 Å². The first kappa shape index (κ1) is 12.6. The summed E-state index contributed by atoms with van der Waals surface area (Å²) in [6, 6.07) is 0.637. The molecule has 0 aliphatic heterocycles. The predicted octanol–water partition coefficient (Wildman–Crippen LogP) is 2.29. The summed E-state index contributed by atoms with van der Waals surface area (Å²) in [5.41, 5.74) is 2.50. The van der Waals surface area contributed by atoms with Crippen molar-refractivity contribution in [1.29, 1.82) is 0 Å². The molecule has 0 radical (unpaired) electrons. The third-order valence-corrected chi connectivity index (χ3v) is 3.43. The number of nitrogens with two attached hydrogens (primary N) is 1. The number of anilines is 2. The Balaban J connectivity index is 2.21. The van der Waals surface area contributed by atoms with Gasteiger partial charge in [0.25, 0.3) is 0 Å². The Morgan fingerprint density at radius 2 is 2.35 bits per heavy atom. The van der Waals surface area contributed by atoms with Crippen LogP contribution in [0, 0.1) is 0 Å². The standard InChI is InChI=1S/C11H18BrN5/c1-2-3-6-17(8-4-5-8)10-9(12)7-14-11(15-10)16-13/h7-8H,2-6,13H2,1H3,(H,14,15,16). The lowest BCUT2D eigenvalue weighted by Crippen LogP contribution is -2.28. The van der Waals surface area contributed by atoms with Crippen LogP contribution in [0.4, 0.5) is 11.8 Å². The first-order chi connectivity index (χ1) is 8.26. The van der Waals surface area contributed by atoms with Crippen LogP contribution in [0.1, 0.15) is 32.6 Å². The van der Waals surface area contributed by atoms with Gasteiger partial charge in [-0.15, -0.1) is 0 Å². The maximum atomic E-state index is 5.35. The molecule has 0 unspecified atom stereocenters. The van der Waals surface area contributed by atoms with Crippen LogP contribution in [0.2, 0.25) is 0 Å². The first-order valence-corrected chi connectivity index (χ1v) is 6.81. The Bertz CT molecular complexity index is 380. The second-order valence-corrected chi connectivity index (χ2v) is 5.14. The van der Waals surface area contributed by atoms with Crippen LogP contribution in [0.15, 0.2) is 10.7 Å². The Hall–Kier alpha value is -0.880. The van der Waals surface area contributed by atoms with Gasteiger partial charge in [0, 0.05) is 18.8 Å². The predicted molar refractivity (Wildman–Crippen MR) is 72.8 cm³/mol. The fraction of sp³-hybridized carbons (Fsp3) is 0.636. The average molecular weight is 300 g/mol. The highest BCUT2D eigenvalue weighted by molar-refractivity contribution is 9.10. The van der Waals surface area contributed by atoms with E-state index >= 15 is 0 Å². The number of hydrazine groups is 1. The highest BCUT2D eigenvalue weighted by Crippen LogP contribution is 2.34. The van der Waals surface area contributed by atoms with Crippen LogP contribution >= 0.6 is 15.9 Å². The number of aromatic nitrogens is 2. The van der Waals surface area contributed by atoms with Crippen LogP contribution in [0.5, 0.6) is 0 Å². The summed E-state index contributed by atoms with van der Waals surface area (Å²) in [7, 11) is 0. The van der Waals surface area contributed by atoms with Gasteiger partial charge in [0.05, 0.1) is 4.47 Å². The van der Waals surface area contributed by atoms with Crippen LogP contribution in [0.3, 0.4) is 0 Å². The molecule has 0 amide bonds. The number of nitrogens with one attached hydrogen (secondary N) is 1. The molecule has 0 atom stereocenters. The summed E-state index contributed by atoms with van der Waals surface area (Å²) < 4.78 is 0.930. The highest BCUT2D eigenvalue weighted by atomic mass is 79.9. The van der Waals surface area contributed by atoms with Gasteiger partial charge in [0.2, 0.25) is 5.95 Å². The van der Waals surface area contributed by atoms with Gasteiger partial charge in [-0.1, -0.05) is 13.3 Å². The molecule has 1 aliphatic rings. The topological polar surface area (TPSA) is 67.1 Å². The van der Waals surface area contributed by atoms with Crippen molar-refractivity contribution in [3.63, 3.8) is 0 Å². The summed E-state index contributed by atoms with van der Waals surface area (Å²) in [6.07, 6.45) is 6.63. The zero-order valence-electron chi connectivity index (χ0n) is 9.99. The van der Waals surface area contributed by atoms with Gasteiger partial charge in [-0.25, -0.2) is 10.8 Å². The second kappa shape index (κ2) is 5.64. The minimum Gasteiger partial charge on any atom is -0.353 e. The molecule has 2 rings (SSSR count). The summed E-state index contributed by atoms with van der Waals surface area (Å²) in [5.74, 6) is 6.76. The number of nitrogen functional groups attached to an aromatic ring is 1. The molecule has 5 nitrogen and oxygen atoms in total. The minimum absolute atomic E-state index is 0.463. The van der Waals surface area contributed by atoms with E-state index < -0.39 is 0 Å². The van der Waals surface area contributed by atoms with Gasteiger partial charge in [-0.05, 0) is 35.2 Å². The van der Waals surface area contributed by atoms with Crippen LogP contribution < -0.4 is 16.2 Å². The van der Waals surface area contributed by atoms with Gasteiger partial charge >= 0.3 is 0 Å². The second-order valence-electron chi connectivity index (χ2n) is 4.29. The number of nitrogens with zero attached hydrogens (tertiary/aromatic N) is 3. The highest BCUT2D eigenvalue weighted by Gasteiger charge is 2.30. The number of hydrogen-bond acceptors (Lipinski definition) is 5. The molecule has 1 heterocycles. The van der Waals surface area contributed by atoms with E-state index in [0.717, 1.165) is 16.8 Å². The normalized spacial score (nSPS) is 14.8. The van der Waals surface area contributed by atoms with Crippen molar-refractivity contribution in [2.45, 2.75) is 38.6 Å². The maximum Gasteiger partial charge on any atom is 0.239 e. The number of rotatable bonds is 6. The average Bonchev–Trinajstić information content (AvgIpc) is 3.16. The lowest BCUT2D eigenvalue weighted by molar-refractivity contribution is 0.702. The SMILES string of the molecule is CCCCN(c1nc(NN)ncc1Br)C1CC1. The van der Waals surface area contributed by atoms with E-state index in [1.807, 2.05) is 0 Å². The van der Waals surface area contributed by atoms with E-state index in [-0.39, 0.29) is 0 Å². The van der Waals surface area contributed by atoms with Gasteiger partial charge in [-0.2, -0.15) is 4.98 Å². The smallest absolute Gasteiger partial charge is 0.239 e. The molecule has 94 valence electrons. The summed E-state index contributed by atoms with van der Waals surface area (Å²) in [5, 5.41) is 0. The number of unbranched alkanes of at least 4 members (excludes halogenated alkanes) is 1. The zero-order chi connectivity index (χ0) is 12.3. The number of halogens is 1. The van der Waals surface area contributed by atoms with Crippen LogP contribution in [-0.2, 0) is 0 Å². The molecule has 1 aliphatic carbocycles. The Labute approximate surface area is 110 Å². The third-order valence-electron chi connectivity index (χ3n) is 2.87. The molecular formula is C11H18BrN5. The van der Waals surface area contributed by atoms with Crippen LogP contribution in [0.25, 0.3) is 0 Å². The molecule has 17 heavy (non-hydrogen) atoms. The van der Waals surface area contributed by atoms with E-state index in [9.17, 15) is 0 Å². The summed E-state index contributed by atoms with van der Waals surface area (Å²) >= 11 is 3.51. The monoisotopic (exact) mass is 299 g/mol. The van der Waals surface area contributed by atoms with Crippen molar-refractivity contribution >= 4 is 27.7 Å². The molecule has 1 fully saturated rings. The van der Waals surface area contributed by atoms with Gasteiger partial charge in [-0.3, -0.25) is 5.43 Å². The van der Waals surface area contributed by atoms with E-state index in [4.69, 9.17) is 5.84 Å². The van der Waals surface area contributed by atoms with E-state index in [2.05, 4.69) is 43.1 Å². The fourth-order valence-corrected chi connectivity index (χ4v) is 2.22.